The fraction of sp³-hybridized carbons (Fsp3) is 0.536. The third-order valence-electron chi connectivity index (χ3n) is 6.09. The van der Waals surface area contributed by atoms with Gasteiger partial charge in [0.25, 0.3) is 0 Å². The molecule has 0 saturated carbocycles. The first-order valence-electron chi connectivity index (χ1n) is 12.6. The average molecular weight is 586 g/mol. The lowest BCUT2D eigenvalue weighted by Crippen LogP contribution is -2.45. The lowest BCUT2D eigenvalue weighted by atomic mass is 9.97. The molecule has 214 valence electrons. The predicted molar refractivity (Wildman–Crippen MR) is 148 cm³/mol. The number of likely N-dealkylation sites (tertiary alicyclic amines) is 1. The Morgan fingerprint density at radius 1 is 1.10 bits per heavy atom. The molecule has 2 aromatic rings. The highest BCUT2D eigenvalue weighted by Gasteiger charge is 2.45. The molecule has 3 atom stereocenters. The number of hydrogen-bond donors (Lipinski definition) is 0. The molecule has 0 spiro atoms. The Hall–Kier alpha value is -2.30. The molecule has 2 heterocycles. The zero-order valence-corrected chi connectivity index (χ0v) is 25.0. The minimum absolute atomic E-state index is 0.132. The number of alkyl halides is 3. The summed E-state index contributed by atoms with van der Waals surface area (Å²) in [6, 6.07) is 4.02. The van der Waals surface area contributed by atoms with Crippen molar-refractivity contribution in [2.24, 2.45) is 4.40 Å². The van der Waals surface area contributed by atoms with Crippen molar-refractivity contribution in [3.63, 3.8) is 0 Å². The van der Waals surface area contributed by atoms with E-state index >= 15 is 0 Å². The third kappa shape index (κ3) is 7.67. The average Bonchev–Trinajstić information content (AvgIpc) is 3.20. The number of nitrogens with zero attached hydrogens (tertiary/aromatic N) is 3. The maximum Gasteiger partial charge on any atom is 0.416 e. The predicted octanol–water partition coefficient (Wildman–Crippen LogP) is 7.76. The number of carbonyl (C=O) groups excluding carboxylic acids is 1. The SMILES string of the molecule is Cc1cc(/C(=N\[S@@+]([O-])C(C)(C)C)[C@@H]2CC[C@@H](c3cc(C)ncc3Cl)N2C(=O)OC(C)(C)C)cc(C(F)(F)F)c1. The smallest absolute Gasteiger partial charge is 0.416 e. The van der Waals surface area contributed by atoms with E-state index in [0.717, 1.165) is 12.1 Å². The molecule has 11 heteroatoms. The van der Waals surface area contributed by atoms with Crippen LogP contribution in [-0.4, -0.2) is 42.6 Å². The number of pyridine rings is 1. The van der Waals surface area contributed by atoms with Gasteiger partial charge in [0.2, 0.25) is 0 Å². The number of aryl methyl sites for hydroxylation is 2. The van der Waals surface area contributed by atoms with Crippen LogP contribution in [0.5, 0.6) is 0 Å². The van der Waals surface area contributed by atoms with Crippen LogP contribution < -0.4 is 0 Å². The summed E-state index contributed by atoms with van der Waals surface area (Å²) in [5.41, 5.74) is 0.291. The second kappa shape index (κ2) is 11.3. The van der Waals surface area contributed by atoms with E-state index in [1.807, 2.05) is 0 Å². The first-order valence-corrected chi connectivity index (χ1v) is 14.1. The number of amides is 1. The monoisotopic (exact) mass is 585 g/mol. The van der Waals surface area contributed by atoms with Gasteiger partial charge in [-0.15, -0.1) is 0 Å². The standard InChI is InChI=1S/C28H35ClF3N3O3S/c1-16-11-18(14-19(12-16)28(30,31)32)24(34-39(37)27(6,7)8)23-10-9-22(20-13-17(2)33-15-21(20)29)35(23)25(36)38-26(3,4)5/h11-15,22-23H,9-10H2,1-8H3/b34-24+/t22-,23-,39-/m0/s1. The molecule has 6 nitrogen and oxygen atoms in total. The molecule has 1 aromatic carbocycles. The molecule has 0 bridgehead atoms. The van der Waals surface area contributed by atoms with Crippen molar-refractivity contribution in [2.45, 2.75) is 96.8 Å². The Kier molecular flexibility index (Phi) is 9.04. The van der Waals surface area contributed by atoms with Crippen LogP contribution in [0.1, 0.15) is 88.4 Å². The molecule has 1 amide bonds. The van der Waals surface area contributed by atoms with Crippen LogP contribution in [0.15, 0.2) is 34.9 Å². The first-order chi connectivity index (χ1) is 17.8. The zero-order chi connectivity index (χ0) is 29.5. The van der Waals surface area contributed by atoms with Crippen molar-refractivity contribution in [1.29, 1.82) is 0 Å². The van der Waals surface area contributed by atoms with E-state index in [-0.39, 0.29) is 11.3 Å². The summed E-state index contributed by atoms with van der Waals surface area (Å²) in [4.78, 5) is 19.4. The van der Waals surface area contributed by atoms with Gasteiger partial charge in [-0.2, -0.15) is 13.2 Å². The van der Waals surface area contributed by atoms with Crippen molar-refractivity contribution in [2.75, 3.05) is 0 Å². The van der Waals surface area contributed by atoms with Crippen LogP contribution in [0.4, 0.5) is 18.0 Å². The summed E-state index contributed by atoms with van der Waals surface area (Å²) in [6.45, 7) is 13.7. The summed E-state index contributed by atoms with van der Waals surface area (Å²) in [5, 5.41) is 0.353. The number of rotatable bonds is 4. The van der Waals surface area contributed by atoms with Gasteiger partial charge in [0.15, 0.2) is 0 Å². The van der Waals surface area contributed by atoms with Crippen LogP contribution in [0, 0.1) is 13.8 Å². The van der Waals surface area contributed by atoms with Crippen molar-refractivity contribution >= 4 is 34.8 Å². The second-order valence-corrected chi connectivity index (χ2v) is 14.1. The van der Waals surface area contributed by atoms with Gasteiger partial charge in [-0.25, -0.2) is 4.79 Å². The van der Waals surface area contributed by atoms with E-state index in [1.54, 1.807) is 67.5 Å². The van der Waals surface area contributed by atoms with Gasteiger partial charge in [0, 0.05) is 17.5 Å². The van der Waals surface area contributed by atoms with Crippen molar-refractivity contribution in [3.05, 3.63) is 63.4 Å². The number of ether oxygens (including phenoxy) is 1. The van der Waals surface area contributed by atoms with E-state index in [0.29, 0.717) is 34.7 Å². The van der Waals surface area contributed by atoms with E-state index in [4.69, 9.17) is 16.3 Å². The Bertz CT molecular complexity index is 1260. The van der Waals surface area contributed by atoms with Gasteiger partial charge in [-0.3, -0.25) is 9.88 Å². The topological polar surface area (TPSA) is 77.9 Å². The molecule has 3 rings (SSSR count). The number of benzene rings is 1. The van der Waals surface area contributed by atoms with Crippen LogP contribution in [0.25, 0.3) is 0 Å². The van der Waals surface area contributed by atoms with Crippen LogP contribution in [0.2, 0.25) is 5.02 Å². The summed E-state index contributed by atoms with van der Waals surface area (Å²) in [5.74, 6) is 0. The van der Waals surface area contributed by atoms with Crippen molar-refractivity contribution in [3.8, 4) is 0 Å². The molecule has 1 aliphatic heterocycles. The molecule has 1 aromatic heterocycles. The van der Waals surface area contributed by atoms with Crippen LogP contribution >= 0.6 is 11.6 Å². The number of aromatic nitrogens is 1. The fourth-order valence-electron chi connectivity index (χ4n) is 4.40. The molecular formula is C28H35ClF3N3O3S. The molecule has 1 aliphatic rings. The largest absolute Gasteiger partial charge is 0.591 e. The van der Waals surface area contributed by atoms with E-state index < -0.39 is 51.6 Å². The van der Waals surface area contributed by atoms with Crippen molar-refractivity contribution < 1.29 is 27.3 Å². The summed E-state index contributed by atoms with van der Waals surface area (Å²) in [7, 11) is 0. The van der Waals surface area contributed by atoms with Crippen molar-refractivity contribution in [1.82, 2.24) is 9.88 Å². The Morgan fingerprint density at radius 3 is 2.31 bits per heavy atom. The molecule has 39 heavy (non-hydrogen) atoms. The molecule has 0 N–H and O–H groups in total. The van der Waals surface area contributed by atoms with Gasteiger partial charge in [-0.1, -0.05) is 16.0 Å². The lowest BCUT2D eigenvalue weighted by molar-refractivity contribution is -0.137. The quantitative estimate of drug-likeness (QED) is 0.271. The fourth-order valence-corrected chi connectivity index (χ4v) is 5.31. The maximum absolute atomic E-state index is 13.8. The summed E-state index contributed by atoms with van der Waals surface area (Å²) < 4.78 is 64.1. The van der Waals surface area contributed by atoms with Gasteiger partial charge < -0.3 is 9.29 Å². The first kappa shape index (κ1) is 31.2. The molecule has 1 saturated heterocycles. The Labute approximate surface area is 236 Å². The second-order valence-electron chi connectivity index (χ2n) is 11.8. The number of halogens is 4. The molecule has 1 fully saturated rings. The normalized spacial score (nSPS) is 19.8. The van der Waals surface area contributed by atoms with Gasteiger partial charge in [-0.05, 0) is 104 Å². The maximum atomic E-state index is 13.8. The van der Waals surface area contributed by atoms with Gasteiger partial charge >= 0.3 is 12.3 Å². The highest BCUT2D eigenvalue weighted by Crippen LogP contribution is 2.42. The zero-order valence-electron chi connectivity index (χ0n) is 23.4. The summed E-state index contributed by atoms with van der Waals surface area (Å²) >= 11 is 4.70. The Morgan fingerprint density at radius 2 is 1.74 bits per heavy atom. The molecule has 0 radical (unpaired) electrons. The minimum atomic E-state index is -4.60. The molecule has 0 aliphatic carbocycles. The highest BCUT2D eigenvalue weighted by molar-refractivity contribution is 7.91. The molecular weight excluding hydrogens is 551 g/mol. The highest BCUT2D eigenvalue weighted by atomic mass is 35.5. The minimum Gasteiger partial charge on any atom is -0.591 e. The number of hydrogen-bond acceptors (Lipinski definition) is 5. The summed E-state index contributed by atoms with van der Waals surface area (Å²) in [6.07, 6.45) is -2.98. The van der Waals surface area contributed by atoms with E-state index in [2.05, 4.69) is 9.38 Å². The Balaban J connectivity index is 2.25. The van der Waals surface area contributed by atoms with Crippen LogP contribution in [-0.2, 0) is 22.3 Å². The lowest BCUT2D eigenvalue weighted by Gasteiger charge is -2.34. The molecule has 0 unspecified atom stereocenters. The van der Waals surface area contributed by atoms with E-state index in [1.165, 1.54) is 11.1 Å². The van der Waals surface area contributed by atoms with Crippen LogP contribution in [0.3, 0.4) is 0 Å². The van der Waals surface area contributed by atoms with Gasteiger partial charge in [0.1, 0.15) is 27.4 Å². The third-order valence-corrected chi connectivity index (χ3v) is 7.82. The van der Waals surface area contributed by atoms with Gasteiger partial charge in [0.05, 0.1) is 22.7 Å². The van der Waals surface area contributed by atoms with E-state index in [9.17, 15) is 22.5 Å². The number of carbonyl (C=O) groups is 1.